The summed E-state index contributed by atoms with van der Waals surface area (Å²) < 4.78 is 5.49. The van der Waals surface area contributed by atoms with Gasteiger partial charge in [0.05, 0.1) is 18.2 Å². The van der Waals surface area contributed by atoms with Crippen LogP contribution < -0.4 is 10.6 Å². The third-order valence-electron chi connectivity index (χ3n) is 4.23. The molecule has 7 nitrogen and oxygen atoms in total. The van der Waals surface area contributed by atoms with Crippen LogP contribution in [0.15, 0.2) is 29.3 Å². The Morgan fingerprint density at radius 1 is 1.41 bits per heavy atom. The number of benzene rings is 1. The summed E-state index contributed by atoms with van der Waals surface area (Å²) in [6, 6.07) is 9.71. The maximum Gasteiger partial charge on any atom is 0.410 e. The van der Waals surface area contributed by atoms with Crippen LogP contribution in [0, 0.1) is 11.3 Å². The fourth-order valence-electron chi connectivity index (χ4n) is 3.01. The Hall–Kier alpha value is -2.02. The van der Waals surface area contributed by atoms with Crippen LogP contribution in [0.3, 0.4) is 0 Å². The number of carbonyl (C=O) groups excluding carboxylic acids is 1. The normalized spacial score (nSPS) is 17.0. The third kappa shape index (κ3) is 8.90. The first kappa shape index (κ1) is 25.0. The first-order valence-electron chi connectivity index (χ1n) is 9.82. The highest BCUT2D eigenvalue weighted by atomic mass is 127. The Labute approximate surface area is 190 Å². The molecule has 2 rings (SSSR count). The first-order valence-corrected chi connectivity index (χ1v) is 9.82. The zero-order valence-electron chi connectivity index (χ0n) is 17.7. The lowest BCUT2D eigenvalue weighted by atomic mass is 10.1. The van der Waals surface area contributed by atoms with Gasteiger partial charge in [0.25, 0.3) is 0 Å². The summed E-state index contributed by atoms with van der Waals surface area (Å²) in [4.78, 5) is 18.7. The van der Waals surface area contributed by atoms with E-state index >= 15 is 0 Å². The second-order valence-corrected chi connectivity index (χ2v) is 7.92. The molecule has 0 spiro atoms. The summed E-state index contributed by atoms with van der Waals surface area (Å²) in [5.74, 6) is 0.709. The van der Waals surface area contributed by atoms with Gasteiger partial charge in [0, 0.05) is 25.7 Å². The maximum absolute atomic E-state index is 12.3. The Kier molecular flexibility index (Phi) is 10.2. The van der Waals surface area contributed by atoms with Crippen molar-refractivity contribution in [3.05, 3.63) is 35.4 Å². The Bertz CT molecular complexity index is 739. The van der Waals surface area contributed by atoms with Crippen molar-refractivity contribution >= 4 is 36.0 Å². The maximum atomic E-state index is 12.3. The van der Waals surface area contributed by atoms with Gasteiger partial charge < -0.3 is 20.3 Å². The summed E-state index contributed by atoms with van der Waals surface area (Å²) in [6.45, 7) is 10.2. The number of guanidine groups is 1. The van der Waals surface area contributed by atoms with E-state index in [1.165, 1.54) is 0 Å². The van der Waals surface area contributed by atoms with Crippen molar-refractivity contribution in [1.29, 1.82) is 5.26 Å². The SMILES string of the molecule is CCNC(=NCc1cccc(C#N)c1)NC1CCCN(C(=O)OC(C)(C)C)C1.I. The molecule has 1 fully saturated rings. The molecule has 1 saturated heterocycles. The van der Waals surface area contributed by atoms with Crippen molar-refractivity contribution in [2.24, 2.45) is 4.99 Å². The van der Waals surface area contributed by atoms with Gasteiger partial charge in [0.2, 0.25) is 0 Å². The number of nitriles is 1. The van der Waals surface area contributed by atoms with Crippen LogP contribution in [0.25, 0.3) is 0 Å². The van der Waals surface area contributed by atoms with E-state index in [1.54, 1.807) is 11.0 Å². The lowest BCUT2D eigenvalue weighted by molar-refractivity contribution is 0.0193. The number of amides is 1. The lowest BCUT2D eigenvalue weighted by Crippen LogP contribution is -2.53. The minimum atomic E-state index is -0.494. The molecule has 1 unspecified atom stereocenters. The lowest BCUT2D eigenvalue weighted by Gasteiger charge is -2.35. The summed E-state index contributed by atoms with van der Waals surface area (Å²) >= 11 is 0. The van der Waals surface area contributed by atoms with E-state index in [-0.39, 0.29) is 36.1 Å². The van der Waals surface area contributed by atoms with Crippen molar-refractivity contribution in [2.75, 3.05) is 19.6 Å². The van der Waals surface area contributed by atoms with Gasteiger partial charge in [0.15, 0.2) is 5.96 Å². The molecule has 1 atom stereocenters. The quantitative estimate of drug-likeness (QED) is 0.365. The van der Waals surface area contributed by atoms with Crippen LogP contribution in [0.5, 0.6) is 0 Å². The molecule has 0 aliphatic carbocycles. The van der Waals surface area contributed by atoms with E-state index < -0.39 is 5.60 Å². The van der Waals surface area contributed by atoms with Crippen LogP contribution in [0.1, 0.15) is 51.7 Å². The second-order valence-electron chi connectivity index (χ2n) is 7.92. The molecule has 1 heterocycles. The molecule has 0 saturated carbocycles. The Morgan fingerprint density at radius 3 is 2.83 bits per heavy atom. The Balaban J connectivity index is 0.00000420. The highest BCUT2D eigenvalue weighted by Crippen LogP contribution is 2.15. The molecule has 1 aliphatic heterocycles. The van der Waals surface area contributed by atoms with Crippen LogP contribution in [0.4, 0.5) is 4.79 Å². The number of halogens is 1. The van der Waals surface area contributed by atoms with E-state index in [2.05, 4.69) is 21.7 Å². The van der Waals surface area contributed by atoms with Crippen molar-refractivity contribution < 1.29 is 9.53 Å². The number of nitrogens with one attached hydrogen (secondary N) is 2. The van der Waals surface area contributed by atoms with Gasteiger partial charge in [-0.05, 0) is 58.2 Å². The van der Waals surface area contributed by atoms with Gasteiger partial charge in [-0.1, -0.05) is 12.1 Å². The highest BCUT2D eigenvalue weighted by Gasteiger charge is 2.28. The van der Waals surface area contributed by atoms with Gasteiger partial charge in [-0.3, -0.25) is 0 Å². The molecule has 1 aliphatic rings. The average Bonchev–Trinajstić information content (AvgIpc) is 2.65. The van der Waals surface area contributed by atoms with Crippen LogP contribution in [-0.4, -0.2) is 48.2 Å². The summed E-state index contributed by atoms with van der Waals surface area (Å²) in [6.07, 6.45) is 1.61. The van der Waals surface area contributed by atoms with Crippen molar-refractivity contribution in [3.8, 4) is 6.07 Å². The van der Waals surface area contributed by atoms with E-state index in [0.717, 1.165) is 24.9 Å². The average molecular weight is 513 g/mol. The summed E-state index contributed by atoms with van der Waals surface area (Å²) in [7, 11) is 0. The van der Waals surface area contributed by atoms with Gasteiger partial charge in [0.1, 0.15) is 5.60 Å². The molecule has 1 aromatic carbocycles. The van der Waals surface area contributed by atoms with E-state index in [0.29, 0.717) is 31.2 Å². The predicted molar refractivity (Wildman–Crippen MR) is 125 cm³/mol. The molecule has 29 heavy (non-hydrogen) atoms. The second kappa shape index (κ2) is 11.9. The molecule has 2 N–H and O–H groups in total. The van der Waals surface area contributed by atoms with E-state index in [1.807, 2.05) is 45.9 Å². The topological polar surface area (TPSA) is 89.8 Å². The Morgan fingerprint density at radius 2 is 2.17 bits per heavy atom. The van der Waals surface area contributed by atoms with Crippen molar-refractivity contribution in [2.45, 2.75) is 58.7 Å². The van der Waals surface area contributed by atoms with Gasteiger partial charge in [-0.2, -0.15) is 5.26 Å². The van der Waals surface area contributed by atoms with Gasteiger partial charge in [-0.25, -0.2) is 9.79 Å². The molecular weight excluding hydrogens is 481 g/mol. The zero-order chi connectivity index (χ0) is 20.6. The van der Waals surface area contributed by atoms with E-state index in [4.69, 9.17) is 10.00 Å². The minimum absolute atomic E-state index is 0. The minimum Gasteiger partial charge on any atom is -0.444 e. The number of aliphatic imine (C=N–C) groups is 1. The first-order chi connectivity index (χ1) is 13.3. The number of likely N-dealkylation sites (tertiary alicyclic amines) is 1. The summed E-state index contributed by atoms with van der Waals surface area (Å²) in [5, 5.41) is 15.7. The van der Waals surface area contributed by atoms with Crippen LogP contribution >= 0.6 is 24.0 Å². The smallest absolute Gasteiger partial charge is 0.410 e. The number of piperidine rings is 1. The standard InChI is InChI=1S/C21H31N5O2.HI/c1-5-23-19(24-14-17-9-6-8-16(12-17)13-22)25-18-10-7-11-26(15-18)20(27)28-21(2,3)4;/h6,8-9,12,18H,5,7,10-11,14-15H2,1-4H3,(H2,23,24,25);1H. The fourth-order valence-corrected chi connectivity index (χ4v) is 3.01. The molecule has 0 bridgehead atoms. The van der Waals surface area contributed by atoms with Crippen LogP contribution in [-0.2, 0) is 11.3 Å². The van der Waals surface area contributed by atoms with Crippen LogP contribution in [0.2, 0.25) is 0 Å². The molecule has 1 amide bonds. The molecule has 160 valence electrons. The van der Waals surface area contributed by atoms with Gasteiger partial charge in [-0.15, -0.1) is 24.0 Å². The largest absolute Gasteiger partial charge is 0.444 e. The number of hydrogen-bond donors (Lipinski definition) is 2. The summed E-state index contributed by atoms with van der Waals surface area (Å²) in [5.41, 5.74) is 1.12. The number of carbonyl (C=O) groups is 1. The number of nitrogens with zero attached hydrogens (tertiary/aromatic N) is 3. The van der Waals surface area contributed by atoms with Crippen molar-refractivity contribution in [3.63, 3.8) is 0 Å². The van der Waals surface area contributed by atoms with E-state index in [9.17, 15) is 4.79 Å². The van der Waals surface area contributed by atoms with Gasteiger partial charge >= 0.3 is 6.09 Å². The monoisotopic (exact) mass is 513 g/mol. The molecule has 0 aromatic heterocycles. The molecule has 1 aromatic rings. The number of rotatable bonds is 4. The fraction of sp³-hybridized carbons (Fsp3) is 0.571. The number of ether oxygens (including phenoxy) is 1. The number of hydrogen-bond acceptors (Lipinski definition) is 4. The molecule has 8 heteroatoms. The highest BCUT2D eigenvalue weighted by molar-refractivity contribution is 14.0. The molecular formula is C21H32IN5O2. The molecule has 0 radical (unpaired) electrons. The zero-order valence-corrected chi connectivity index (χ0v) is 20.0. The van der Waals surface area contributed by atoms with Crippen molar-refractivity contribution in [1.82, 2.24) is 15.5 Å². The predicted octanol–water partition coefficient (Wildman–Crippen LogP) is 3.63. The third-order valence-corrected chi connectivity index (χ3v) is 4.23.